The molecule has 1 aromatic heterocycles. The van der Waals surface area contributed by atoms with Crippen LogP contribution in [0.4, 0.5) is 5.69 Å². The van der Waals surface area contributed by atoms with Crippen LogP contribution in [0.3, 0.4) is 0 Å². The summed E-state index contributed by atoms with van der Waals surface area (Å²) in [5, 5.41) is 12.4. The van der Waals surface area contributed by atoms with Gasteiger partial charge in [-0.2, -0.15) is 0 Å². The highest BCUT2D eigenvalue weighted by Crippen LogP contribution is 2.27. The molecule has 2 N–H and O–H groups in total. The molecule has 0 saturated carbocycles. The van der Waals surface area contributed by atoms with Crippen LogP contribution in [0.1, 0.15) is 37.0 Å². The lowest BCUT2D eigenvalue weighted by Gasteiger charge is -2.36. The Morgan fingerprint density at radius 3 is 3.06 bits per heavy atom. The molecule has 1 aliphatic heterocycles. The average molecular weight is 250 g/mol. The van der Waals surface area contributed by atoms with E-state index in [1.54, 1.807) is 12.3 Å². The number of nitrogens with one attached hydrogen (secondary N) is 1. The van der Waals surface area contributed by atoms with Crippen LogP contribution in [0.15, 0.2) is 18.5 Å². The summed E-state index contributed by atoms with van der Waals surface area (Å²) in [5.41, 5.74) is 0.675. The van der Waals surface area contributed by atoms with E-state index in [9.17, 15) is 4.79 Å². The monoisotopic (exact) mass is 250 g/mol. The molecule has 5 nitrogen and oxygen atoms in total. The topological polar surface area (TPSA) is 71.5 Å². The molecule has 0 amide bonds. The van der Waals surface area contributed by atoms with Crippen LogP contribution in [0.5, 0.6) is 0 Å². The third-order valence-electron chi connectivity index (χ3n) is 3.11. The second kappa shape index (κ2) is 4.94. The highest BCUT2D eigenvalue weighted by molar-refractivity contribution is 5.93. The SMILES string of the molecule is CC1(C)CC(Nc2ccncc2C(=O)O)CCO1. The van der Waals surface area contributed by atoms with Gasteiger partial charge in [-0.15, -0.1) is 0 Å². The molecule has 18 heavy (non-hydrogen) atoms. The number of anilines is 1. The van der Waals surface area contributed by atoms with Gasteiger partial charge in [0.05, 0.1) is 11.3 Å². The van der Waals surface area contributed by atoms with E-state index in [2.05, 4.69) is 10.3 Å². The fraction of sp³-hybridized carbons (Fsp3) is 0.538. The molecule has 5 heteroatoms. The molecule has 1 fully saturated rings. The van der Waals surface area contributed by atoms with E-state index >= 15 is 0 Å². The smallest absolute Gasteiger partial charge is 0.339 e. The van der Waals surface area contributed by atoms with Crippen LogP contribution in [-0.4, -0.2) is 34.3 Å². The van der Waals surface area contributed by atoms with Crippen molar-refractivity contribution in [2.24, 2.45) is 0 Å². The van der Waals surface area contributed by atoms with E-state index < -0.39 is 5.97 Å². The number of carboxylic acids is 1. The van der Waals surface area contributed by atoms with Crippen molar-refractivity contribution in [3.05, 3.63) is 24.0 Å². The van der Waals surface area contributed by atoms with Gasteiger partial charge in [0.1, 0.15) is 5.56 Å². The highest BCUT2D eigenvalue weighted by atomic mass is 16.5. The zero-order chi connectivity index (χ0) is 13.2. The quantitative estimate of drug-likeness (QED) is 0.860. The van der Waals surface area contributed by atoms with Crippen LogP contribution >= 0.6 is 0 Å². The van der Waals surface area contributed by atoms with Gasteiger partial charge in [0.2, 0.25) is 0 Å². The van der Waals surface area contributed by atoms with E-state index in [0.717, 1.165) is 12.8 Å². The van der Waals surface area contributed by atoms with Gasteiger partial charge in [0, 0.05) is 25.0 Å². The summed E-state index contributed by atoms with van der Waals surface area (Å²) in [6, 6.07) is 1.93. The minimum atomic E-state index is -0.961. The molecule has 2 heterocycles. The molecule has 0 aliphatic carbocycles. The fourth-order valence-corrected chi connectivity index (χ4v) is 2.27. The van der Waals surface area contributed by atoms with Crippen molar-refractivity contribution < 1.29 is 14.6 Å². The maximum absolute atomic E-state index is 11.1. The lowest BCUT2D eigenvalue weighted by molar-refractivity contribution is -0.0553. The van der Waals surface area contributed by atoms with E-state index in [1.165, 1.54) is 6.20 Å². The Morgan fingerprint density at radius 1 is 1.61 bits per heavy atom. The maximum atomic E-state index is 11.1. The van der Waals surface area contributed by atoms with Gasteiger partial charge < -0.3 is 15.2 Å². The standard InChI is InChI=1S/C13H18N2O3/c1-13(2)7-9(4-6-18-13)15-11-3-5-14-8-10(11)12(16)17/h3,5,8-9H,4,6-7H2,1-2H3,(H,14,15)(H,16,17). The first-order valence-corrected chi connectivity index (χ1v) is 6.06. The molecular formula is C13H18N2O3. The number of carbonyl (C=O) groups is 1. The number of pyridine rings is 1. The number of nitrogens with zero attached hydrogens (tertiary/aromatic N) is 1. The predicted molar refractivity (Wildman–Crippen MR) is 67.9 cm³/mol. The molecule has 0 aromatic carbocycles. The lowest BCUT2D eigenvalue weighted by atomic mass is 9.93. The Bertz CT molecular complexity index is 446. The fourth-order valence-electron chi connectivity index (χ4n) is 2.27. The molecule has 1 aliphatic rings. The van der Waals surface area contributed by atoms with E-state index in [4.69, 9.17) is 9.84 Å². The number of hydrogen-bond donors (Lipinski definition) is 2. The van der Waals surface area contributed by atoms with Gasteiger partial charge in [-0.3, -0.25) is 4.98 Å². The Kier molecular flexibility index (Phi) is 3.52. The Morgan fingerprint density at radius 2 is 2.39 bits per heavy atom. The largest absolute Gasteiger partial charge is 0.478 e. The van der Waals surface area contributed by atoms with Gasteiger partial charge in [-0.25, -0.2) is 4.79 Å². The molecule has 98 valence electrons. The summed E-state index contributed by atoms with van der Waals surface area (Å²) in [6.07, 6.45) is 4.70. The third kappa shape index (κ3) is 2.98. The molecule has 1 saturated heterocycles. The molecule has 1 aromatic rings. The number of ether oxygens (including phenoxy) is 1. The van der Waals surface area contributed by atoms with Crippen LogP contribution in [0, 0.1) is 0 Å². The Hall–Kier alpha value is -1.62. The first-order chi connectivity index (χ1) is 8.48. The molecule has 0 bridgehead atoms. The number of hydrogen-bond acceptors (Lipinski definition) is 4. The first kappa shape index (κ1) is 12.8. The highest BCUT2D eigenvalue weighted by Gasteiger charge is 2.29. The zero-order valence-corrected chi connectivity index (χ0v) is 10.6. The summed E-state index contributed by atoms with van der Waals surface area (Å²) in [4.78, 5) is 14.9. The maximum Gasteiger partial charge on any atom is 0.339 e. The van der Waals surface area contributed by atoms with Crippen LogP contribution in [0.25, 0.3) is 0 Å². The summed E-state index contributed by atoms with van der Waals surface area (Å²) in [7, 11) is 0. The number of carboxylic acid groups (broad SMARTS) is 1. The molecule has 2 rings (SSSR count). The van der Waals surface area contributed by atoms with Crippen molar-refractivity contribution in [1.82, 2.24) is 4.98 Å². The molecule has 0 radical (unpaired) electrons. The van der Waals surface area contributed by atoms with E-state index in [0.29, 0.717) is 12.3 Å². The summed E-state index contributed by atoms with van der Waals surface area (Å²) in [5.74, 6) is -0.961. The molecule has 1 atom stereocenters. The van der Waals surface area contributed by atoms with Crippen LogP contribution in [-0.2, 0) is 4.74 Å². The second-order valence-electron chi connectivity index (χ2n) is 5.17. The van der Waals surface area contributed by atoms with Crippen molar-refractivity contribution in [2.75, 3.05) is 11.9 Å². The third-order valence-corrected chi connectivity index (χ3v) is 3.11. The van der Waals surface area contributed by atoms with Gasteiger partial charge in [0.25, 0.3) is 0 Å². The van der Waals surface area contributed by atoms with Crippen molar-refractivity contribution in [1.29, 1.82) is 0 Å². The van der Waals surface area contributed by atoms with Crippen molar-refractivity contribution >= 4 is 11.7 Å². The number of rotatable bonds is 3. The molecule has 0 spiro atoms. The summed E-state index contributed by atoms with van der Waals surface area (Å²) in [6.45, 7) is 4.79. The van der Waals surface area contributed by atoms with Gasteiger partial charge in [0.15, 0.2) is 0 Å². The summed E-state index contributed by atoms with van der Waals surface area (Å²) >= 11 is 0. The van der Waals surface area contributed by atoms with E-state index in [1.807, 2.05) is 13.8 Å². The summed E-state index contributed by atoms with van der Waals surface area (Å²) < 4.78 is 5.64. The lowest BCUT2D eigenvalue weighted by Crippen LogP contribution is -2.40. The van der Waals surface area contributed by atoms with Gasteiger partial charge in [-0.1, -0.05) is 0 Å². The number of aromatic nitrogens is 1. The Labute approximate surface area is 106 Å². The second-order valence-corrected chi connectivity index (χ2v) is 5.17. The van der Waals surface area contributed by atoms with Crippen LogP contribution in [0.2, 0.25) is 0 Å². The minimum absolute atomic E-state index is 0.160. The van der Waals surface area contributed by atoms with Crippen molar-refractivity contribution in [2.45, 2.75) is 38.3 Å². The van der Waals surface area contributed by atoms with E-state index in [-0.39, 0.29) is 17.2 Å². The molecular weight excluding hydrogens is 232 g/mol. The van der Waals surface area contributed by atoms with Gasteiger partial charge in [-0.05, 0) is 32.8 Å². The van der Waals surface area contributed by atoms with Gasteiger partial charge >= 0.3 is 5.97 Å². The normalized spacial score (nSPS) is 22.4. The Balaban J connectivity index is 2.12. The zero-order valence-electron chi connectivity index (χ0n) is 10.6. The number of aromatic carboxylic acids is 1. The molecule has 1 unspecified atom stereocenters. The van der Waals surface area contributed by atoms with Crippen LogP contribution < -0.4 is 5.32 Å². The van der Waals surface area contributed by atoms with Crippen molar-refractivity contribution in [3.63, 3.8) is 0 Å². The van der Waals surface area contributed by atoms with Crippen molar-refractivity contribution in [3.8, 4) is 0 Å². The average Bonchev–Trinajstić information content (AvgIpc) is 2.28. The predicted octanol–water partition coefficient (Wildman–Crippen LogP) is 2.15. The first-order valence-electron chi connectivity index (χ1n) is 6.06. The minimum Gasteiger partial charge on any atom is -0.478 e.